The van der Waals surface area contributed by atoms with Crippen molar-refractivity contribution < 1.29 is 0 Å². The van der Waals surface area contributed by atoms with Gasteiger partial charge < -0.3 is 5.32 Å². The van der Waals surface area contributed by atoms with Crippen LogP contribution in [0.25, 0.3) is 17.2 Å². The highest BCUT2D eigenvalue weighted by Crippen LogP contribution is 2.34. The van der Waals surface area contributed by atoms with Gasteiger partial charge in [-0.25, -0.2) is 4.98 Å². The van der Waals surface area contributed by atoms with Crippen LogP contribution in [0.1, 0.15) is 49.4 Å². The lowest BCUT2D eigenvalue weighted by Crippen LogP contribution is -2.31. The van der Waals surface area contributed by atoms with Crippen molar-refractivity contribution in [2.24, 2.45) is 5.92 Å². The van der Waals surface area contributed by atoms with Gasteiger partial charge in [0.2, 0.25) is 0 Å². The molecular formula is C29H29ClN2. The van der Waals surface area contributed by atoms with Gasteiger partial charge in [-0.1, -0.05) is 66.9 Å². The SMILES string of the molecule is CCCNC(C/C=C/c1ccc(C#Cc2ccc(-c3ccc(Cl)cc3)cn2)cc1)C1CC1. The summed E-state index contributed by atoms with van der Waals surface area (Å²) in [5.74, 6) is 7.24. The Balaban J connectivity index is 1.33. The molecule has 1 unspecified atom stereocenters. The molecule has 32 heavy (non-hydrogen) atoms. The quantitative estimate of drug-likeness (QED) is 0.382. The number of pyridine rings is 1. The molecule has 3 aromatic rings. The molecule has 2 nitrogen and oxygen atoms in total. The third-order valence-corrected chi connectivity index (χ3v) is 5.99. The molecular weight excluding hydrogens is 412 g/mol. The van der Waals surface area contributed by atoms with Crippen LogP contribution in [0, 0.1) is 17.8 Å². The fourth-order valence-corrected chi connectivity index (χ4v) is 3.84. The van der Waals surface area contributed by atoms with Gasteiger partial charge in [0.25, 0.3) is 0 Å². The van der Waals surface area contributed by atoms with Crippen molar-refractivity contribution in [2.45, 2.75) is 38.6 Å². The smallest absolute Gasteiger partial charge is 0.113 e. The molecule has 4 rings (SSSR count). The molecule has 162 valence electrons. The average molecular weight is 441 g/mol. The lowest BCUT2D eigenvalue weighted by Gasteiger charge is -2.15. The van der Waals surface area contributed by atoms with Gasteiger partial charge in [-0.15, -0.1) is 0 Å². The number of halogens is 1. The summed E-state index contributed by atoms with van der Waals surface area (Å²) in [5, 5.41) is 4.43. The summed E-state index contributed by atoms with van der Waals surface area (Å²) in [6.07, 6.45) is 11.4. The molecule has 1 N–H and O–H groups in total. The highest BCUT2D eigenvalue weighted by Gasteiger charge is 2.29. The Bertz CT molecular complexity index is 1080. The van der Waals surface area contributed by atoms with Crippen LogP contribution < -0.4 is 5.32 Å². The Kier molecular flexibility index (Phi) is 7.77. The predicted molar refractivity (Wildman–Crippen MR) is 136 cm³/mol. The maximum atomic E-state index is 5.96. The number of aromatic nitrogens is 1. The van der Waals surface area contributed by atoms with Gasteiger partial charge in [0.15, 0.2) is 0 Å². The number of rotatable bonds is 8. The standard InChI is InChI=1S/C29H29ClN2/c1-2-20-31-29(25-11-12-25)5-3-4-22-6-8-23(9-7-22)10-18-28-19-15-26(21-32-28)24-13-16-27(30)17-14-24/h3-4,6-9,13-17,19,21,25,29,31H,2,5,11-12,20H2,1H3/b4-3+. The van der Waals surface area contributed by atoms with Crippen molar-refractivity contribution >= 4 is 17.7 Å². The summed E-state index contributed by atoms with van der Waals surface area (Å²) < 4.78 is 0. The van der Waals surface area contributed by atoms with Crippen molar-refractivity contribution in [1.29, 1.82) is 0 Å². The minimum atomic E-state index is 0.634. The summed E-state index contributed by atoms with van der Waals surface area (Å²) in [4.78, 5) is 4.48. The summed E-state index contributed by atoms with van der Waals surface area (Å²) in [6, 6.07) is 20.8. The summed E-state index contributed by atoms with van der Waals surface area (Å²) in [7, 11) is 0. The Morgan fingerprint density at radius 2 is 1.75 bits per heavy atom. The molecule has 1 aliphatic carbocycles. The van der Waals surface area contributed by atoms with Crippen LogP contribution in [0.4, 0.5) is 0 Å². The Hall–Kier alpha value is -2.86. The molecule has 1 aliphatic rings. The van der Waals surface area contributed by atoms with E-state index in [1.165, 1.54) is 24.8 Å². The number of hydrogen-bond donors (Lipinski definition) is 1. The van der Waals surface area contributed by atoms with Crippen molar-refractivity contribution in [3.8, 4) is 23.0 Å². The van der Waals surface area contributed by atoms with Gasteiger partial charge >= 0.3 is 0 Å². The van der Waals surface area contributed by atoms with Crippen LogP contribution in [0.2, 0.25) is 5.02 Å². The maximum absolute atomic E-state index is 5.96. The zero-order valence-electron chi connectivity index (χ0n) is 18.5. The van der Waals surface area contributed by atoms with Crippen molar-refractivity contribution in [2.75, 3.05) is 6.54 Å². The second-order valence-electron chi connectivity index (χ2n) is 8.35. The highest BCUT2D eigenvalue weighted by molar-refractivity contribution is 6.30. The van der Waals surface area contributed by atoms with Gasteiger partial charge in [0.1, 0.15) is 5.69 Å². The Labute approximate surface area is 196 Å². The van der Waals surface area contributed by atoms with E-state index >= 15 is 0 Å². The lowest BCUT2D eigenvalue weighted by atomic mass is 10.1. The number of nitrogens with zero attached hydrogens (tertiary/aromatic N) is 1. The molecule has 2 aromatic carbocycles. The second kappa shape index (κ2) is 11.1. The summed E-state index contributed by atoms with van der Waals surface area (Å²) in [6.45, 7) is 3.34. The largest absolute Gasteiger partial charge is 0.313 e. The first-order valence-electron chi connectivity index (χ1n) is 11.5. The van der Waals surface area contributed by atoms with Crippen LogP contribution in [-0.4, -0.2) is 17.6 Å². The molecule has 0 radical (unpaired) electrons. The van der Waals surface area contributed by atoms with Gasteiger partial charge in [-0.3, -0.25) is 0 Å². The monoisotopic (exact) mass is 440 g/mol. The van der Waals surface area contributed by atoms with Crippen molar-refractivity contribution in [3.63, 3.8) is 0 Å². The van der Waals surface area contributed by atoms with E-state index in [1.807, 2.05) is 42.6 Å². The number of hydrogen-bond acceptors (Lipinski definition) is 2. The Morgan fingerprint density at radius 3 is 2.41 bits per heavy atom. The first-order chi connectivity index (χ1) is 15.7. The first-order valence-corrected chi connectivity index (χ1v) is 11.8. The van der Waals surface area contributed by atoms with Crippen molar-refractivity contribution in [3.05, 3.63) is 94.8 Å². The van der Waals surface area contributed by atoms with Gasteiger partial charge in [-0.2, -0.15) is 0 Å². The third kappa shape index (κ3) is 6.57. The Morgan fingerprint density at radius 1 is 1.00 bits per heavy atom. The molecule has 0 bridgehead atoms. The van der Waals surface area contributed by atoms with Crippen LogP contribution in [0.3, 0.4) is 0 Å². The fraction of sp³-hybridized carbons (Fsp3) is 0.276. The molecule has 0 aliphatic heterocycles. The van der Waals surface area contributed by atoms with E-state index in [1.54, 1.807) is 0 Å². The third-order valence-electron chi connectivity index (χ3n) is 5.73. The molecule has 1 heterocycles. The normalized spacial score (nSPS) is 14.2. The fourth-order valence-electron chi connectivity index (χ4n) is 3.72. The zero-order valence-corrected chi connectivity index (χ0v) is 19.3. The van der Waals surface area contributed by atoms with Crippen molar-refractivity contribution in [1.82, 2.24) is 10.3 Å². The molecule has 3 heteroatoms. The van der Waals surface area contributed by atoms with Gasteiger partial charge in [-0.05, 0) is 85.5 Å². The number of benzene rings is 2. The van der Waals surface area contributed by atoms with E-state index in [9.17, 15) is 0 Å². The predicted octanol–water partition coefficient (Wildman–Crippen LogP) is 6.98. The highest BCUT2D eigenvalue weighted by atomic mass is 35.5. The average Bonchev–Trinajstić information content (AvgIpc) is 3.67. The van der Waals surface area contributed by atoms with Crippen LogP contribution >= 0.6 is 11.6 Å². The van der Waals surface area contributed by atoms with E-state index in [0.29, 0.717) is 6.04 Å². The van der Waals surface area contributed by atoms with E-state index in [2.05, 4.69) is 65.5 Å². The van der Waals surface area contributed by atoms with Gasteiger partial charge in [0.05, 0.1) is 0 Å². The van der Waals surface area contributed by atoms with Gasteiger partial charge in [0, 0.05) is 28.4 Å². The van der Waals surface area contributed by atoms with E-state index in [-0.39, 0.29) is 0 Å². The number of nitrogens with one attached hydrogen (secondary N) is 1. The minimum Gasteiger partial charge on any atom is -0.313 e. The molecule has 1 aromatic heterocycles. The minimum absolute atomic E-state index is 0.634. The van der Waals surface area contributed by atoms with E-state index < -0.39 is 0 Å². The lowest BCUT2D eigenvalue weighted by molar-refractivity contribution is 0.467. The molecule has 1 atom stereocenters. The first kappa shape index (κ1) is 22.3. The topological polar surface area (TPSA) is 24.9 Å². The second-order valence-corrected chi connectivity index (χ2v) is 8.78. The molecule has 0 amide bonds. The van der Waals surface area contributed by atoms with Crippen LogP contribution in [0.15, 0.2) is 72.9 Å². The van der Waals surface area contributed by atoms with E-state index in [4.69, 9.17) is 11.6 Å². The summed E-state index contributed by atoms with van der Waals surface area (Å²) >= 11 is 5.96. The molecule has 0 saturated heterocycles. The zero-order chi connectivity index (χ0) is 22.2. The van der Waals surface area contributed by atoms with E-state index in [0.717, 1.165) is 46.3 Å². The van der Waals surface area contributed by atoms with Crippen LogP contribution in [0.5, 0.6) is 0 Å². The molecule has 0 spiro atoms. The van der Waals surface area contributed by atoms with Crippen LogP contribution in [-0.2, 0) is 0 Å². The molecule has 1 fully saturated rings. The molecule has 1 saturated carbocycles. The maximum Gasteiger partial charge on any atom is 0.113 e. The summed E-state index contributed by atoms with van der Waals surface area (Å²) in [5.41, 5.74) is 5.11.